The van der Waals surface area contributed by atoms with Crippen LogP contribution in [0.4, 0.5) is 9.18 Å². The van der Waals surface area contributed by atoms with Gasteiger partial charge in [-0.1, -0.05) is 41.9 Å². The summed E-state index contributed by atoms with van der Waals surface area (Å²) in [6.07, 6.45) is -0.413. The minimum atomic E-state index is -0.815. The van der Waals surface area contributed by atoms with E-state index in [1.54, 1.807) is 42.5 Å². The Hall–Kier alpha value is -2.11. The Kier molecular flexibility index (Phi) is 6.38. The minimum Gasteiger partial charge on any atom is -0.387 e. The molecule has 6 heteroatoms. The molecule has 0 aliphatic carbocycles. The van der Waals surface area contributed by atoms with Crippen molar-refractivity contribution in [3.8, 4) is 0 Å². The molecule has 4 nitrogen and oxygen atoms in total. The molecule has 1 atom stereocenters. The van der Waals surface area contributed by atoms with Crippen LogP contribution in [0.1, 0.15) is 17.2 Å². The van der Waals surface area contributed by atoms with Crippen LogP contribution in [0.3, 0.4) is 0 Å². The zero-order valence-electron chi connectivity index (χ0n) is 12.4. The average molecular weight is 337 g/mol. The van der Waals surface area contributed by atoms with Gasteiger partial charge in [-0.2, -0.15) is 0 Å². The highest BCUT2D eigenvalue weighted by atomic mass is 35.5. The maximum absolute atomic E-state index is 13.4. The Bertz CT molecular complexity index is 649. The number of benzene rings is 2. The van der Waals surface area contributed by atoms with E-state index in [0.29, 0.717) is 29.1 Å². The molecule has 0 radical (unpaired) electrons. The van der Waals surface area contributed by atoms with Crippen LogP contribution in [-0.2, 0) is 6.42 Å². The molecule has 2 rings (SSSR count). The van der Waals surface area contributed by atoms with E-state index in [-0.39, 0.29) is 12.4 Å². The highest BCUT2D eigenvalue weighted by molar-refractivity contribution is 6.30. The molecular formula is C17H18ClFN2O2. The second kappa shape index (κ2) is 8.50. The molecule has 122 valence electrons. The molecule has 0 aliphatic heterocycles. The molecule has 0 spiro atoms. The van der Waals surface area contributed by atoms with Gasteiger partial charge in [0.1, 0.15) is 5.82 Å². The molecule has 0 aliphatic rings. The number of carbonyl (C=O) groups excluding carboxylic acids is 1. The Morgan fingerprint density at radius 1 is 1.13 bits per heavy atom. The predicted molar refractivity (Wildman–Crippen MR) is 87.9 cm³/mol. The van der Waals surface area contributed by atoms with Crippen LogP contribution in [0.15, 0.2) is 48.5 Å². The molecule has 0 heterocycles. The van der Waals surface area contributed by atoms with Gasteiger partial charge in [-0.15, -0.1) is 0 Å². The number of aliphatic hydroxyl groups is 1. The summed E-state index contributed by atoms with van der Waals surface area (Å²) < 4.78 is 13.4. The van der Waals surface area contributed by atoms with Crippen LogP contribution >= 0.6 is 11.6 Å². The van der Waals surface area contributed by atoms with E-state index in [1.807, 2.05) is 0 Å². The second-order valence-corrected chi connectivity index (χ2v) is 5.48. The minimum absolute atomic E-state index is 0.0766. The van der Waals surface area contributed by atoms with Crippen LogP contribution in [-0.4, -0.2) is 24.2 Å². The fourth-order valence-corrected chi connectivity index (χ4v) is 2.19. The molecule has 0 unspecified atom stereocenters. The Morgan fingerprint density at radius 3 is 2.52 bits per heavy atom. The van der Waals surface area contributed by atoms with Gasteiger partial charge >= 0.3 is 6.03 Å². The van der Waals surface area contributed by atoms with Gasteiger partial charge in [0, 0.05) is 18.1 Å². The zero-order chi connectivity index (χ0) is 16.7. The summed E-state index contributed by atoms with van der Waals surface area (Å²) in [7, 11) is 0. The number of hydrogen-bond acceptors (Lipinski definition) is 2. The third-order valence-corrected chi connectivity index (χ3v) is 3.60. The van der Waals surface area contributed by atoms with E-state index in [4.69, 9.17) is 11.6 Å². The maximum Gasteiger partial charge on any atom is 0.314 e. The molecule has 0 saturated carbocycles. The summed E-state index contributed by atoms with van der Waals surface area (Å²) >= 11 is 5.77. The molecule has 0 aromatic heterocycles. The largest absolute Gasteiger partial charge is 0.387 e. The maximum atomic E-state index is 13.4. The fraction of sp³-hybridized carbons (Fsp3) is 0.235. The lowest BCUT2D eigenvalue weighted by atomic mass is 10.1. The first kappa shape index (κ1) is 17.2. The Labute approximate surface area is 139 Å². The quantitative estimate of drug-likeness (QED) is 0.759. The van der Waals surface area contributed by atoms with Crippen molar-refractivity contribution >= 4 is 17.6 Å². The molecule has 2 aromatic rings. The van der Waals surface area contributed by atoms with Gasteiger partial charge in [-0.05, 0) is 35.7 Å². The van der Waals surface area contributed by atoms with E-state index < -0.39 is 12.1 Å². The smallest absolute Gasteiger partial charge is 0.314 e. The van der Waals surface area contributed by atoms with Crippen molar-refractivity contribution in [3.63, 3.8) is 0 Å². The number of rotatable bonds is 6. The lowest BCUT2D eigenvalue weighted by Gasteiger charge is -2.13. The molecule has 3 N–H and O–H groups in total. The average Bonchev–Trinajstić information content (AvgIpc) is 2.55. The van der Waals surface area contributed by atoms with Gasteiger partial charge in [0.15, 0.2) is 0 Å². The number of amides is 2. The van der Waals surface area contributed by atoms with Crippen LogP contribution in [0.25, 0.3) is 0 Å². The van der Waals surface area contributed by atoms with Crippen molar-refractivity contribution < 1.29 is 14.3 Å². The van der Waals surface area contributed by atoms with E-state index in [0.717, 1.165) is 0 Å². The molecule has 2 aromatic carbocycles. The first-order valence-electron chi connectivity index (χ1n) is 7.25. The van der Waals surface area contributed by atoms with E-state index >= 15 is 0 Å². The number of halogens is 2. The standard InChI is InChI=1S/C17H18ClFN2O2/c18-14-7-5-13(6-8-14)16(22)11-21-17(23)20-10-9-12-3-1-2-4-15(12)19/h1-8,16,22H,9-11H2,(H2,20,21,23)/t16-/m1/s1. The lowest BCUT2D eigenvalue weighted by Crippen LogP contribution is -2.38. The van der Waals surface area contributed by atoms with Gasteiger partial charge in [-0.25, -0.2) is 9.18 Å². The number of urea groups is 1. The van der Waals surface area contributed by atoms with Gasteiger partial charge in [0.05, 0.1) is 6.10 Å². The third kappa shape index (κ3) is 5.54. The van der Waals surface area contributed by atoms with Crippen molar-refractivity contribution in [1.29, 1.82) is 0 Å². The summed E-state index contributed by atoms with van der Waals surface area (Å²) in [5, 5.41) is 15.7. The molecule has 0 bridgehead atoms. The van der Waals surface area contributed by atoms with Crippen molar-refractivity contribution in [2.24, 2.45) is 0 Å². The van der Waals surface area contributed by atoms with Crippen LogP contribution in [0.5, 0.6) is 0 Å². The Balaban J connectivity index is 1.71. The predicted octanol–water partition coefficient (Wildman–Crippen LogP) is 3.05. The van der Waals surface area contributed by atoms with E-state index in [1.165, 1.54) is 6.07 Å². The number of nitrogens with one attached hydrogen (secondary N) is 2. The van der Waals surface area contributed by atoms with Crippen LogP contribution in [0.2, 0.25) is 5.02 Å². The normalized spacial score (nSPS) is 11.8. The van der Waals surface area contributed by atoms with E-state index in [9.17, 15) is 14.3 Å². The fourth-order valence-electron chi connectivity index (χ4n) is 2.07. The van der Waals surface area contributed by atoms with Crippen LogP contribution < -0.4 is 10.6 Å². The van der Waals surface area contributed by atoms with Crippen molar-refractivity contribution in [2.45, 2.75) is 12.5 Å². The summed E-state index contributed by atoms with van der Waals surface area (Å²) in [6, 6.07) is 12.8. The van der Waals surface area contributed by atoms with Gasteiger partial charge in [-0.3, -0.25) is 0 Å². The van der Waals surface area contributed by atoms with Crippen molar-refractivity contribution in [3.05, 3.63) is 70.5 Å². The Morgan fingerprint density at radius 2 is 1.83 bits per heavy atom. The number of carbonyl (C=O) groups is 1. The third-order valence-electron chi connectivity index (χ3n) is 3.35. The zero-order valence-corrected chi connectivity index (χ0v) is 13.2. The molecular weight excluding hydrogens is 319 g/mol. The van der Waals surface area contributed by atoms with Gasteiger partial charge < -0.3 is 15.7 Å². The van der Waals surface area contributed by atoms with Gasteiger partial charge in [0.25, 0.3) is 0 Å². The summed E-state index contributed by atoms with van der Waals surface area (Å²) in [6.45, 7) is 0.386. The molecule has 23 heavy (non-hydrogen) atoms. The topological polar surface area (TPSA) is 61.4 Å². The van der Waals surface area contributed by atoms with Crippen molar-refractivity contribution in [1.82, 2.24) is 10.6 Å². The monoisotopic (exact) mass is 336 g/mol. The summed E-state index contributed by atoms with van der Waals surface area (Å²) in [5.74, 6) is -0.284. The molecule has 2 amide bonds. The first-order chi connectivity index (χ1) is 11.1. The molecule has 0 saturated heterocycles. The highest BCUT2D eigenvalue weighted by Gasteiger charge is 2.09. The number of hydrogen-bond donors (Lipinski definition) is 3. The van der Waals surface area contributed by atoms with Crippen LogP contribution in [0, 0.1) is 5.82 Å². The lowest BCUT2D eigenvalue weighted by molar-refractivity contribution is 0.173. The second-order valence-electron chi connectivity index (χ2n) is 5.05. The van der Waals surface area contributed by atoms with E-state index in [2.05, 4.69) is 10.6 Å². The first-order valence-corrected chi connectivity index (χ1v) is 7.62. The molecule has 0 fully saturated rings. The summed E-state index contributed by atoms with van der Waals surface area (Å²) in [4.78, 5) is 11.7. The van der Waals surface area contributed by atoms with Crippen molar-refractivity contribution in [2.75, 3.05) is 13.1 Å². The highest BCUT2D eigenvalue weighted by Crippen LogP contribution is 2.15. The summed E-state index contributed by atoms with van der Waals surface area (Å²) in [5.41, 5.74) is 1.22. The van der Waals surface area contributed by atoms with Gasteiger partial charge in [0.2, 0.25) is 0 Å². The number of aliphatic hydroxyl groups excluding tert-OH is 1. The SMILES string of the molecule is O=C(NCCc1ccccc1F)NC[C@@H](O)c1ccc(Cl)cc1.